The first kappa shape index (κ1) is 16.1. The number of thiophene rings is 1. The van der Waals surface area contributed by atoms with Crippen LogP contribution in [-0.4, -0.2) is 17.5 Å². The predicted octanol–water partition coefficient (Wildman–Crippen LogP) is 5.51. The summed E-state index contributed by atoms with van der Waals surface area (Å²) in [6.45, 7) is 5.00. The van der Waals surface area contributed by atoms with Gasteiger partial charge in [-0.15, -0.1) is 11.3 Å². The molecule has 3 nitrogen and oxygen atoms in total. The van der Waals surface area contributed by atoms with Gasteiger partial charge in [0.25, 0.3) is 0 Å². The summed E-state index contributed by atoms with van der Waals surface area (Å²) in [6.07, 6.45) is 4.54. The van der Waals surface area contributed by atoms with Crippen LogP contribution in [0.15, 0.2) is 36.4 Å². The van der Waals surface area contributed by atoms with Gasteiger partial charge in [-0.25, -0.2) is 4.79 Å². The van der Waals surface area contributed by atoms with Gasteiger partial charge in [0.05, 0.1) is 6.04 Å². The molecule has 3 rings (SSSR count). The molecule has 0 saturated carbocycles. The van der Waals surface area contributed by atoms with Gasteiger partial charge < -0.3 is 10.2 Å². The topological polar surface area (TPSA) is 32.3 Å². The fourth-order valence-electron chi connectivity index (χ4n) is 3.20. The summed E-state index contributed by atoms with van der Waals surface area (Å²) in [6, 6.07) is 12.6. The Labute approximate surface area is 142 Å². The van der Waals surface area contributed by atoms with Gasteiger partial charge in [0.2, 0.25) is 0 Å². The molecule has 1 N–H and O–H groups in total. The Morgan fingerprint density at radius 1 is 1.17 bits per heavy atom. The van der Waals surface area contributed by atoms with E-state index in [1.54, 1.807) is 0 Å². The molecule has 0 aliphatic carbocycles. The Balaban J connectivity index is 1.80. The monoisotopic (exact) mass is 328 g/mol. The molecule has 1 aromatic heterocycles. The fraction of sp³-hybridized carbons (Fsp3) is 0.421. The number of hydrogen-bond donors (Lipinski definition) is 1. The second-order valence-corrected chi connectivity index (χ2v) is 7.63. The molecule has 1 atom stereocenters. The molecule has 1 aromatic carbocycles. The number of nitrogens with one attached hydrogen (secondary N) is 1. The van der Waals surface area contributed by atoms with Crippen molar-refractivity contribution < 1.29 is 4.79 Å². The molecule has 1 unspecified atom stereocenters. The van der Waals surface area contributed by atoms with Gasteiger partial charge in [0.15, 0.2) is 0 Å². The molecule has 2 amide bonds. The zero-order valence-corrected chi connectivity index (χ0v) is 14.7. The number of nitrogens with zero attached hydrogens (tertiary/aromatic N) is 1. The zero-order valence-electron chi connectivity index (χ0n) is 13.8. The number of hydrogen-bond acceptors (Lipinski definition) is 2. The van der Waals surface area contributed by atoms with Crippen molar-refractivity contribution in [2.45, 2.75) is 45.6 Å². The molecule has 1 fully saturated rings. The minimum absolute atomic E-state index is 0.0218. The van der Waals surface area contributed by atoms with Crippen molar-refractivity contribution in [1.82, 2.24) is 4.90 Å². The molecule has 1 aliphatic heterocycles. The molecule has 0 spiro atoms. The van der Waals surface area contributed by atoms with E-state index in [2.05, 4.69) is 24.4 Å². The van der Waals surface area contributed by atoms with Crippen molar-refractivity contribution in [3.63, 3.8) is 0 Å². The summed E-state index contributed by atoms with van der Waals surface area (Å²) in [5, 5.41) is 3.08. The summed E-state index contributed by atoms with van der Waals surface area (Å²) in [4.78, 5) is 17.5. The quantitative estimate of drug-likeness (QED) is 0.774. The third-order valence-electron chi connectivity index (χ3n) is 4.37. The van der Waals surface area contributed by atoms with Gasteiger partial charge in [-0.3, -0.25) is 0 Å². The first-order valence-corrected chi connectivity index (χ1v) is 9.16. The van der Waals surface area contributed by atoms with E-state index >= 15 is 0 Å². The van der Waals surface area contributed by atoms with Crippen LogP contribution in [0.1, 0.15) is 47.0 Å². The van der Waals surface area contributed by atoms with Crippen molar-refractivity contribution in [3.05, 3.63) is 51.7 Å². The number of urea groups is 1. The highest BCUT2D eigenvalue weighted by Crippen LogP contribution is 2.34. The van der Waals surface area contributed by atoms with Gasteiger partial charge in [-0.2, -0.15) is 0 Å². The van der Waals surface area contributed by atoms with Crippen LogP contribution in [0.4, 0.5) is 10.5 Å². The number of benzene rings is 1. The van der Waals surface area contributed by atoms with Crippen LogP contribution in [-0.2, 0) is 0 Å². The largest absolute Gasteiger partial charge is 0.322 e. The third kappa shape index (κ3) is 3.94. The van der Waals surface area contributed by atoms with Crippen LogP contribution >= 0.6 is 11.3 Å². The average Bonchev–Trinajstić information content (AvgIpc) is 2.81. The van der Waals surface area contributed by atoms with Gasteiger partial charge in [-0.1, -0.05) is 25.0 Å². The van der Waals surface area contributed by atoms with E-state index in [9.17, 15) is 4.79 Å². The second kappa shape index (κ2) is 7.18. The Bertz CT molecular complexity index is 680. The maximum Gasteiger partial charge on any atom is 0.322 e. The first-order valence-electron chi connectivity index (χ1n) is 8.34. The molecular formula is C19H24N2OS. The Morgan fingerprint density at radius 2 is 2.04 bits per heavy atom. The van der Waals surface area contributed by atoms with Gasteiger partial charge in [0.1, 0.15) is 0 Å². The van der Waals surface area contributed by atoms with Crippen LogP contribution < -0.4 is 5.32 Å². The molecule has 1 aliphatic rings. The van der Waals surface area contributed by atoms with Crippen molar-refractivity contribution in [2.75, 3.05) is 11.9 Å². The third-order valence-corrected chi connectivity index (χ3v) is 5.47. The molecule has 0 bridgehead atoms. The minimum atomic E-state index is 0.0218. The predicted molar refractivity (Wildman–Crippen MR) is 97.2 cm³/mol. The number of carbonyl (C=O) groups excluding carboxylic acids is 1. The van der Waals surface area contributed by atoms with Gasteiger partial charge >= 0.3 is 6.03 Å². The van der Waals surface area contributed by atoms with Crippen LogP contribution in [0, 0.1) is 13.8 Å². The molecule has 2 heterocycles. The zero-order chi connectivity index (χ0) is 16.2. The fourth-order valence-corrected chi connectivity index (χ4v) is 4.22. The SMILES string of the molecule is Cc1cccc(NC(=O)N2CCCCCC2c2ccc(C)s2)c1. The maximum atomic E-state index is 12.8. The normalized spacial score (nSPS) is 18.5. The lowest BCUT2D eigenvalue weighted by atomic mass is 10.1. The Morgan fingerprint density at radius 3 is 2.78 bits per heavy atom. The van der Waals surface area contributed by atoms with E-state index in [1.807, 2.05) is 47.4 Å². The van der Waals surface area contributed by atoms with E-state index in [1.165, 1.54) is 22.6 Å². The molecule has 23 heavy (non-hydrogen) atoms. The minimum Gasteiger partial charge on any atom is -0.317 e. The summed E-state index contributed by atoms with van der Waals surface area (Å²) in [7, 11) is 0. The van der Waals surface area contributed by atoms with E-state index in [0.29, 0.717) is 0 Å². The number of rotatable bonds is 2. The molecular weight excluding hydrogens is 304 g/mol. The summed E-state index contributed by atoms with van der Waals surface area (Å²) >= 11 is 1.81. The van der Waals surface area contributed by atoms with Crippen molar-refractivity contribution in [2.24, 2.45) is 0 Å². The molecule has 1 saturated heterocycles. The van der Waals surface area contributed by atoms with Crippen LogP contribution in [0.2, 0.25) is 0 Å². The lowest BCUT2D eigenvalue weighted by Crippen LogP contribution is -2.37. The van der Waals surface area contributed by atoms with E-state index in [4.69, 9.17) is 0 Å². The number of aryl methyl sites for hydroxylation is 2. The number of anilines is 1. The molecule has 2 aromatic rings. The van der Waals surface area contributed by atoms with Crippen molar-refractivity contribution >= 4 is 23.1 Å². The van der Waals surface area contributed by atoms with E-state index in [0.717, 1.165) is 30.6 Å². The summed E-state index contributed by atoms with van der Waals surface area (Å²) in [5.41, 5.74) is 2.03. The number of amides is 2. The highest BCUT2D eigenvalue weighted by molar-refractivity contribution is 7.12. The smallest absolute Gasteiger partial charge is 0.317 e. The van der Waals surface area contributed by atoms with Crippen LogP contribution in [0.25, 0.3) is 0 Å². The number of carbonyl (C=O) groups is 1. The molecule has 0 radical (unpaired) electrons. The van der Waals surface area contributed by atoms with E-state index in [-0.39, 0.29) is 12.1 Å². The van der Waals surface area contributed by atoms with Crippen LogP contribution in [0.5, 0.6) is 0 Å². The molecule has 122 valence electrons. The Kier molecular flexibility index (Phi) is 5.01. The maximum absolute atomic E-state index is 12.8. The van der Waals surface area contributed by atoms with Gasteiger partial charge in [-0.05, 0) is 56.5 Å². The van der Waals surface area contributed by atoms with Gasteiger partial charge in [0, 0.05) is 22.0 Å². The van der Waals surface area contributed by atoms with E-state index < -0.39 is 0 Å². The Hall–Kier alpha value is -1.81. The second-order valence-electron chi connectivity index (χ2n) is 6.31. The standard InChI is InChI=1S/C19H24N2OS/c1-14-7-6-8-16(13-14)20-19(22)21-12-5-3-4-9-17(21)18-11-10-15(2)23-18/h6-8,10-11,13,17H,3-5,9,12H2,1-2H3,(H,20,22). The first-order chi connectivity index (χ1) is 11.1. The van der Waals surface area contributed by atoms with Crippen molar-refractivity contribution in [3.8, 4) is 0 Å². The summed E-state index contributed by atoms with van der Waals surface area (Å²) in [5.74, 6) is 0. The van der Waals surface area contributed by atoms with Crippen molar-refractivity contribution in [1.29, 1.82) is 0 Å². The van der Waals surface area contributed by atoms with Crippen LogP contribution in [0.3, 0.4) is 0 Å². The lowest BCUT2D eigenvalue weighted by molar-refractivity contribution is 0.190. The average molecular weight is 328 g/mol. The number of likely N-dealkylation sites (tertiary alicyclic amines) is 1. The highest BCUT2D eigenvalue weighted by atomic mass is 32.1. The summed E-state index contributed by atoms with van der Waals surface area (Å²) < 4.78 is 0. The molecule has 4 heteroatoms. The highest BCUT2D eigenvalue weighted by Gasteiger charge is 2.27. The lowest BCUT2D eigenvalue weighted by Gasteiger charge is -2.29.